The Morgan fingerprint density at radius 2 is 2.00 bits per heavy atom. The van der Waals surface area contributed by atoms with Crippen molar-refractivity contribution in [2.75, 3.05) is 0 Å². The standard InChI is InChI=1S/C15H21N5O5/c1-4-7(2)10(14(23)24)18-9(21)6-5-8-16-11-12(17-8)20(3)15(25)19-13(11)22/h7,10H,4-6H2,1-3H3,(H,16,17)(H,18,21)(H,23,24)(H,19,22,25)/t7-,10-/m0/s1. The van der Waals surface area contributed by atoms with Gasteiger partial charge >= 0.3 is 11.7 Å². The predicted molar refractivity (Wildman–Crippen MR) is 89.3 cm³/mol. The van der Waals surface area contributed by atoms with Gasteiger partial charge in [-0.05, 0) is 5.92 Å². The van der Waals surface area contributed by atoms with Crippen LogP contribution in [-0.2, 0) is 23.1 Å². The fourth-order valence-electron chi connectivity index (χ4n) is 2.43. The molecule has 2 aromatic heterocycles. The summed E-state index contributed by atoms with van der Waals surface area (Å²) in [5, 5.41) is 11.7. The Labute approximate surface area is 142 Å². The predicted octanol–water partition coefficient (Wildman–Crippen LogP) is -0.502. The quantitative estimate of drug-likeness (QED) is 0.528. The molecule has 0 aliphatic carbocycles. The van der Waals surface area contributed by atoms with E-state index in [0.29, 0.717) is 12.2 Å². The molecule has 2 heterocycles. The molecule has 0 saturated heterocycles. The van der Waals surface area contributed by atoms with E-state index in [2.05, 4.69) is 20.3 Å². The molecular formula is C15H21N5O5. The van der Waals surface area contributed by atoms with Gasteiger partial charge in [-0.25, -0.2) is 14.6 Å². The van der Waals surface area contributed by atoms with Gasteiger partial charge in [-0.2, -0.15) is 0 Å². The van der Waals surface area contributed by atoms with E-state index in [0.717, 1.165) is 0 Å². The third-order valence-corrected chi connectivity index (χ3v) is 4.19. The van der Waals surface area contributed by atoms with Crippen LogP contribution in [0.15, 0.2) is 9.59 Å². The number of H-pyrrole nitrogens is 2. The van der Waals surface area contributed by atoms with Crippen molar-refractivity contribution in [2.45, 2.75) is 39.2 Å². The molecule has 10 heteroatoms. The zero-order valence-electron chi connectivity index (χ0n) is 14.3. The summed E-state index contributed by atoms with van der Waals surface area (Å²) in [7, 11) is 1.47. The van der Waals surface area contributed by atoms with Crippen molar-refractivity contribution in [1.29, 1.82) is 0 Å². The lowest BCUT2D eigenvalue weighted by molar-refractivity contribution is -0.143. The lowest BCUT2D eigenvalue weighted by Gasteiger charge is -2.19. The molecule has 0 fully saturated rings. The van der Waals surface area contributed by atoms with E-state index in [1.54, 1.807) is 6.92 Å². The number of carboxylic acid groups (broad SMARTS) is 1. The van der Waals surface area contributed by atoms with Gasteiger partial charge in [0.25, 0.3) is 5.56 Å². The molecule has 0 saturated carbocycles. The number of nitrogens with zero attached hydrogens (tertiary/aromatic N) is 2. The van der Waals surface area contributed by atoms with Crippen LogP contribution < -0.4 is 16.6 Å². The number of carbonyl (C=O) groups is 2. The Bertz CT molecular complexity index is 909. The van der Waals surface area contributed by atoms with Crippen LogP contribution in [0.5, 0.6) is 0 Å². The molecule has 0 spiro atoms. The fraction of sp³-hybridized carbons (Fsp3) is 0.533. The molecule has 0 unspecified atom stereocenters. The molecule has 2 rings (SSSR count). The van der Waals surface area contributed by atoms with E-state index in [9.17, 15) is 24.3 Å². The van der Waals surface area contributed by atoms with Gasteiger partial charge in [-0.3, -0.25) is 19.1 Å². The Morgan fingerprint density at radius 1 is 1.32 bits per heavy atom. The highest BCUT2D eigenvalue weighted by atomic mass is 16.4. The molecule has 0 aliphatic heterocycles. The molecule has 25 heavy (non-hydrogen) atoms. The van der Waals surface area contributed by atoms with Crippen LogP contribution in [0.4, 0.5) is 0 Å². The minimum atomic E-state index is -1.08. The Hall–Kier alpha value is -2.91. The van der Waals surface area contributed by atoms with Gasteiger partial charge in [-0.15, -0.1) is 0 Å². The third-order valence-electron chi connectivity index (χ3n) is 4.19. The van der Waals surface area contributed by atoms with Crippen LogP contribution in [0.3, 0.4) is 0 Å². The number of fused-ring (bicyclic) bond motifs is 1. The molecule has 0 bridgehead atoms. The van der Waals surface area contributed by atoms with Crippen LogP contribution in [0.25, 0.3) is 11.2 Å². The van der Waals surface area contributed by atoms with Gasteiger partial charge in [0.05, 0.1) is 0 Å². The highest BCUT2D eigenvalue weighted by Gasteiger charge is 2.25. The molecule has 4 N–H and O–H groups in total. The van der Waals surface area contributed by atoms with Crippen molar-refractivity contribution in [2.24, 2.45) is 13.0 Å². The largest absolute Gasteiger partial charge is 0.480 e. The maximum Gasteiger partial charge on any atom is 0.329 e. The minimum absolute atomic E-state index is 0.00584. The first-order valence-corrected chi connectivity index (χ1v) is 7.94. The Balaban J connectivity index is 2.10. The number of carboxylic acids is 1. The van der Waals surface area contributed by atoms with Gasteiger partial charge in [0.2, 0.25) is 5.91 Å². The summed E-state index contributed by atoms with van der Waals surface area (Å²) in [6.45, 7) is 3.61. The molecule has 0 radical (unpaired) electrons. The average molecular weight is 351 g/mol. The number of aliphatic carboxylic acids is 1. The molecule has 0 aromatic carbocycles. The smallest absolute Gasteiger partial charge is 0.329 e. The molecule has 2 atom stereocenters. The normalized spacial score (nSPS) is 13.6. The first-order chi connectivity index (χ1) is 11.7. The van der Waals surface area contributed by atoms with Gasteiger partial charge in [0.15, 0.2) is 5.65 Å². The SMILES string of the molecule is CC[C@H](C)[C@H](NC(=O)CCc1nc2c([nH]1)c(=O)[nH]c(=O)n2C)C(=O)O. The summed E-state index contributed by atoms with van der Waals surface area (Å²) in [6.07, 6.45) is 0.810. The van der Waals surface area contributed by atoms with Gasteiger partial charge < -0.3 is 15.4 Å². The molecule has 0 aliphatic rings. The zero-order chi connectivity index (χ0) is 18.7. The summed E-state index contributed by atoms with van der Waals surface area (Å²) in [4.78, 5) is 55.6. The summed E-state index contributed by atoms with van der Waals surface area (Å²) in [6, 6.07) is -0.947. The average Bonchev–Trinajstić information content (AvgIpc) is 3.00. The van der Waals surface area contributed by atoms with Gasteiger partial charge in [-0.1, -0.05) is 20.3 Å². The number of imidazole rings is 1. The van der Waals surface area contributed by atoms with Crippen LogP contribution in [0.1, 0.15) is 32.5 Å². The first-order valence-electron chi connectivity index (χ1n) is 7.94. The van der Waals surface area contributed by atoms with Crippen molar-refractivity contribution in [3.63, 3.8) is 0 Å². The van der Waals surface area contributed by atoms with E-state index >= 15 is 0 Å². The minimum Gasteiger partial charge on any atom is -0.480 e. The Morgan fingerprint density at radius 3 is 2.60 bits per heavy atom. The van der Waals surface area contributed by atoms with E-state index in [4.69, 9.17) is 0 Å². The monoisotopic (exact) mass is 351 g/mol. The molecule has 2 aromatic rings. The maximum atomic E-state index is 12.0. The second-order valence-corrected chi connectivity index (χ2v) is 5.97. The third kappa shape index (κ3) is 3.95. The lowest BCUT2D eigenvalue weighted by Crippen LogP contribution is -2.45. The molecular weight excluding hydrogens is 330 g/mol. The maximum absolute atomic E-state index is 12.0. The number of aryl methyl sites for hydroxylation is 2. The summed E-state index contributed by atoms with van der Waals surface area (Å²) < 4.78 is 1.19. The summed E-state index contributed by atoms with van der Waals surface area (Å²) in [5.74, 6) is -1.32. The van der Waals surface area contributed by atoms with Crippen molar-refractivity contribution < 1.29 is 14.7 Å². The highest BCUT2D eigenvalue weighted by Crippen LogP contribution is 2.09. The van der Waals surface area contributed by atoms with E-state index in [1.807, 2.05) is 6.92 Å². The number of hydrogen-bond donors (Lipinski definition) is 4. The van der Waals surface area contributed by atoms with Crippen molar-refractivity contribution in [3.05, 3.63) is 26.7 Å². The number of rotatable bonds is 7. The van der Waals surface area contributed by atoms with E-state index in [1.165, 1.54) is 11.6 Å². The molecule has 1 amide bonds. The number of carbonyl (C=O) groups excluding carboxylic acids is 1. The summed E-state index contributed by atoms with van der Waals surface area (Å²) in [5.41, 5.74) is -0.803. The number of hydrogen-bond acceptors (Lipinski definition) is 5. The zero-order valence-corrected chi connectivity index (χ0v) is 14.3. The molecule has 10 nitrogen and oxygen atoms in total. The van der Waals surface area contributed by atoms with Crippen molar-refractivity contribution in [1.82, 2.24) is 24.8 Å². The highest BCUT2D eigenvalue weighted by molar-refractivity contribution is 5.83. The topological polar surface area (TPSA) is 150 Å². The fourth-order valence-corrected chi connectivity index (χ4v) is 2.43. The van der Waals surface area contributed by atoms with Crippen LogP contribution in [0, 0.1) is 5.92 Å². The Kier molecular flexibility index (Phi) is 5.40. The van der Waals surface area contributed by atoms with E-state index in [-0.39, 0.29) is 29.9 Å². The van der Waals surface area contributed by atoms with Crippen molar-refractivity contribution >= 4 is 23.0 Å². The second-order valence-electron chi connectivity index (χ2n) is 5.97. The lowest BCUT2D eigenvalue weighted by atomic mass is 9.99. The number of aromatic nitrogens is 4. The van der Waals surface area contributed by atoms with Gasteiger partial charge in [0.1, 0.15) is 17.4 Å². The van der Waals surface area contributed by atoms with Crippen LogP contribution in [-0.4, -0.2) is 42.5 Å². The first kappa shape index (κ1) is 18.4. The number of aromatic amines is 2. The number of nitrogens with one attached hydrogen (secondary N) is 3. The molecule has 136 valence electrons. The van der Waals surface area contributed by atoms with Crippen LogP contribution >= 0.6 is 0 Å². The van der Waals surface area contributed by atoms with Crippen molar-refractivity contribution in [3.8, 4) is 0 Å². The number of amides is 1. The van der Waals surface area contributed by atoms with Crippen LogP contribution in [0.2, 0.25) is 0 Å². The summed E-state index contributed by atoms with van der Waals surface area (Å²) >= 11 is 0. The van der Waals surface area contributed by atoms with Gasteiger partial charge in [0, 0.05) is 19.9 Å². The van der Waals surface area contributed by atoms with E-state index < -0.39 is 29.2 Å². The second kappa shape index (κ2) is 7.32.